The van der Waals surface area contributed by atoms with Gasteiger partial charge in [-0.05, 0) is 29.2 Å². The number of aliphatic hydroxyl groups excluding tert-OH is 1. The van der Waals surface area contributed by atoms with Gasteiger partial charge in [-0.2, -0.15) is 4.37 Å². The molecule has 78 valence electrons. The predicted molar refractivity (Wildman–Crippen MR) is 61.4 cm³/mol. The van der Waals surface area contributed by atoms with Crippen LogP contribution in [-0.2, 0) is 6.61 Å². The summed E-state index contributed by atoms with van der Waals surface area (Å²) < 4.78 is 4.79. The number of aromatic nitrogens is 2. The van der Waals surface area contributed by atoms with Crippen molar-refractivity contribution in [3.63, 3.8) is 0 Å². The average Bonchev–Trinajstić information content (AvgIpc) is 2.71. The molecule has 2 rings (SSSR count). The van der Waals surface area contributed by atoms with Crippen molar-refractivity contribution in [3.05, 3.63) is 35.1 Å². The molecule has 0 amide bonds. The van der Waals surface area contributed by atoms with Crippen LogP contribution in [0.15, 0.2) is 33.8 Å². The van der Waals surface area contributed by atoms with Crippen molar-refractivity contribution in [2.75, 3.05) is 0 Å². The van der Waals surface area contributed by atoms with Gasteiger partial charge in [-0.3, -0.25) is 0 Å². The van der Waals surface area contributed by atoms with Gasteiger partial charge in [-0.25, -0.2) is 4.98 Å². The van der Waals surface area contributed by atoms with E-state index in [2.05, 4.69) is 9.36 Å². The largest absolute Gasteiger partial charge is 0.392 e. The highest BCUT2D eigenvalue weighted by atomic mass is 35.5. The quantitative estimate of drug-likeness (QED) is 0.920. The van der Waals surface area contributed by atoms with E-state index < -0.39 is 0 Å². The van der Waals surface area contributed by atoms with E-state index in [1.165, 1.54) is 29.6 Å². The molecule has 6 heteroatoms. The van der Waals surface area contributed by atoms with Crippen molar-refractivity contribution in [1.82, 2.24) is 9.36 Å². The highest BCUT2D eigenvalue weighted by Gasteiger charge is 2.04. The Kier molecular flexibility index (Phi) is 3.58. The van der Waals surface area contributed by atoms with Crippen LogP contribution in [0.2, 0.25) is 5.02 Å². The van der Waals surface area contributed by atoms with Crippen molar-refractivity contribution >= 4 is 34.9 Å². The topological polar surface area (TPSA) is 46.0 Å². The molecule has 1 aromatic carbocycles. The monoisotopic (exact) mass is 258 g/mol. The Morgan fingerprint density at radius 1 is 1.47 bits per heavy atom. The zero-order chi connectivity index (χ0) is 10.7. The molecule has 2 aromatic rings. The van der Waals surface area contributed by atoms with E-state index in [0.717, 1.165) is 14.8 Å². The minimum Gasteiger partial charge on any atom is -0.392 e. The summed E-state index contributed by atoms with van der Waals surface area (Å²) >= 11 is 8.81. The van der Waals surface area contributed by atoms with Gasteiger partial charge in [-0.15, -0.1) is 0 Å². The van der Waals surface area contributed by atoms with Gasteiger partial charge in [0.15, 0.2) is 4.34 Å². The summed E-state index contributed by atoms with van der Waals surface area (Å²) in [5.74, 6) is 0. The molecule has 0 aliphatic rings. The third kappa shape index (κ3) is 2.69. The lowest BCUT2D eigenvalue weighted by molar-refractivity contribution is 0.282. The third-order valence-corrected chi connectivity index (χ3v) is 3.80. The van der Waals surface area contributed by atoms with Gasteiger partial charge in [0, 0.05) is 9.92 Å². The van der Waals surface area contributed by atoms with Crippen molar-refractivity contribution < 1.29 is 5.11 Å². The highest BCUT2D eigenvalue weighted by Crippen LogP contribution is 2.31. The fraction of sp³-hybridized carbons (Fsp3) is 0.111. The second-order valence-corrected chi connectivity index (χ2v) is 5.23. The minimum absolute atomic E-state index is 0.0391. The van der Waals surface area contributed by atoms with Crippen LogP contribution < -0.4 is 0 Å². The average molecular weight is 259 g/mol. The summed E-state index contributed by atoms with van der Waals surface area (Å²) in [6, 6.07) is 5.54. The Bertz CT molecular complexity index is 447. The molecule has 3 nitrogen and oxygen atoms in total. The van der Waals surface area contributed by atoms with E-state index >= 15 is 0 Å². The third-order valence-electron chi connectivity index (χ3n) is 1.74. The first kappa shape index (κ1) is 10.9. The maximum absolute atomic E-state index is 8.95. The second kappa shape index (κ2) is 4.94. The van der Waals surface area contributed by atoms with Crippen LogP contribution in [0.3, 0.4) is 0 Å². The smallest absolute Gasteiger partial charge is 0.174 e. The fourth-order valence-corrected chi connectivity index (χ4v) is 2.79. The molecule has 0 bridgehead atoms. The van der Waals surface area contributed by atoms with Gasteiger partial charge in [-0.1, -0.05) is 29.4 Å². The Morgan fingerprint density at radius 3 is 2.93 bits per heavy atom. The Morgan fingerprint density at radius 2 is 2.33 bits per heavy atom. The molecular formula is C9H7ClN2OS2. The molecule has 0 unspecified atom stereocenters. The Labute approximate surface area is 100 Å². The molecule has 0 aliphatic heterocycles. The molecule has 15 heavy (non-hydrogen) atoms. The molecule has 0 saturated carbocycles. The number of nitrogens with zero attached hydrogens (tertiary/aromatic N) is 2. The highest BCUT2D eigenvalue weighted by molar-refractivity contribution is 8.01. The second-order valence-electron chi connectivity index (χ2n) is 2.72. The molecule has 0 saturated heterocycles. The van der Waals surface area contributed by atoms with Gasteiger partial charge in [0.1, 0.15) is 6.33 Å². The first-order valence-corrected chi connectivity index (χ1v) is 6.10. The minimum atomic E-state index is -0.0391. The van der Waals surface area contributed by atoms with Crippen molar-refractivity contribution in [2.45, 2.75) is 15.8 Å². The van der Waals surface area contributed by atoms with Gasteiger partial charge in [0.25, 0.3) is 0 Å². The van der Waals surface area contributed by atoms with Crippen LogP contribution in [-0.4, -0.2) is 14.5 Å². The first-order valence-electron chi connectivity index (χ1n) is 4.13. The van der Waals surface area contributed by atoms with Crippen molar-refractivity contribution in [1.29, 1.82) is 0 Å². The van der Waals surface area contributed by atoms with Gasteiger partial charge in [0.05, 0.1) is 6.61 Å². The number of aliphatic hydroxyl groups is 1. The molecule has 1 N–H and O–H groups in total. The van der Waals surface area contributed by atoms with Crippen LogP contribution in [0.4, 0.5) is 0 Å². The van der Waals surface area contributed by atoms with Crippen LogP contribution in [0.25, 0.3) is 0 Å². The standard InChI is InChI=1S/C9H7ClN2OS2/c10-8-3-7(2-1-6(8)4-13)14-9-11-5-12-15-9/h1-3,5,13H,4H2. The number of hydrogen-bond acceptors (Lipinski definition) is 5. The predicted octanol–water partition coefficient (Wildman–Crippen LogP) is 2.84. The first-order chi connectivity index (χ1) is 7.29. The van der Waals surface area contributed by atoms with Crippen LogP contribution in [0.1, 0.15) is 5.56 Å². The maximum atomic E-state index is 8.95. The lowest BCUT2D eigenvalue weighted by Gasteiger charge is -2.02. The molecule has 1 heterocycles. The summed E-state index contributed by atoms with van der Waals surface area (Å²) in [5, 5.41) is 9.53. The summed E-state index contributed by atoms with van der Waals surface area (Å²) in [4.78, 5) is 5.06. The molecule has 0 spiro atoms. The van der Waals surface area contributed by atoms with Gasteiger partial charge in [0.2, 0.25) is 0 Å². The van der Waals surface area contributed by atoms with Crippen LogP contribution in [0.5, 0.6) is 0 Å². The molecule has 0 aliphatic carbocycles. The summed E-state index contributed by atoms with van der Waals surface area (Å²) in [5.41, 5.74) is 0.735. The molecular weight excluding hydrogens is 252 g/mol. The Hall–Kier alpha value is -0.620. The number of halogens is 1. The van der Waals surface area contributed by atoms with E-state index in [1.54, 1.807) is 0 Å². The lowest BCUT2D eigenvalue weighted by atomic mass is 10.2. The summed E-state index contributed by atoms with van der Waals surface area (Å²) in [6.45, 7) is -0.0391. The van der Waals surface area contributed by atoms with Gasteiger partial charge < -0.3 is 5.11 Å². The van der Waals surface area contributed by atoms with Crippen LogP contribution >= 0.6 is 34.9 Å². The molecule has 0 fully saturated rings. The number of hydrogen-bond donors (Lipinski definition) is 1. The molecule has 0 radical (unpaired) electrons. The zero-order valence-corrected chi connectivity index (χ0v) is 9.94. The van der Waals surface area contributed by atoms with E-state index in [1.807, 2.05) is 18.2 Å². The lowest BCUT2D eigenvalue weighted by Crippen LogP contribution is -1.84. The number of benzene rings is 1. The van der Waals surface area contributed by atoms with E-state index in [9.17, 15) is 0 Å². The maximum Gasteiger partial charge on any atom is 0.174 e. The van der Waals surface area contributed by atoms with Crippen LogP contribution in [0, 0.1) is 0 Å². The van der Waals surface area contributed by atoms with Crippen molar-refractivity contribution in [3.8, 4) is 0 Å². The fourth-order valence-electron chi connectivity index (χ4n) is 1.03. The SMILES string of the molecule is OCc1ccc(Sc2ncns2)cc1Cl. The summed E-state index contributed by atoms with van der Waals surface area (Å²) in [7, 11) is 0. The molecule has 0 atom stereocenters. The summed E-state index contributed by atoms with van der Waals surface area (Å²) in [6.07, 6.45) is 1.52. The zero-order valence-electron chi connectivity index (χ0n) is 7.55. The Balaban J connectivity index is 2.20. The van der Waals surface area contributed by atoms with E-state index in [-0.39, 0.29) is 6.61 Å². The normalized spacial score (nSPS) is 10.5. The number of rotatable bonds is 3. The van der Waals surface area contributed by atoms with Gasteiger partial charge >= 0.3 is 0 Å². The van der Waals surface area contributed by atoms with Crippen molar-refractivity contribution in [2.24, 2.45) is 0 Å². The van der Waals surface area contributed by atoms with E-state index in [0.29, 0.717) is 5.02 Å². The molecule has 1 aromatic heterocycles. The van der Waals surface area contributed by atoms with E-state index in [4.69, 9.17) is 16.7 Å².